The fourth-order valence-electron chi connectivity index (χ4n) is 2.82. The van der Waals surface area contributed by atoms with E-state index in [4.69, 9.17) is 0 Å². The highest BCUT2D eigenvalue weighted by atomic mass is 19.4. The number of alkyl halides is 3. The van der Waals surface area contributed by atoms with Gasteiger partial charge >= 0.3 is 6.18 Å². The van der Waals surface area contributed by atoms with Crippen LogP contribution in [0.2, 0.25) is 0 Å². The molecule has 0 spiro atoms. The van der Waals surface area contributed by atoms with Crippen LogP contribution in [0.15, 0.2) is 41.2 Å². The van der Waals surface area contributed by atoms with Gasteiger partial charge in [-0.1, -0.05) is 42.7 Å². The van der Waals surface area contributed by atoms with Gasteiger partial charge in [0.1, 0.15) is 11.3 Å². The topological polar surface area (TPSA) is 62.0 Å². The molecule has 2 aromatic rings. The molecule has 1 atom stereocenters. The SMILES string of the molecule is Cc1ccc(C(CC2CC2)NC(=O)c2ccc(C(F)(F)F)[nH]c2=O)cc1. The number of benzene rings is 1. The minimum Gasteiger partial charge on any atom is -0.345 e. The van der Waals surface area contributed by atoms with Gasteiger partial charge in [0.25, 0.3) is 11.5 Å². The second kappa shape index (κ2) is 6.97. The third-order valence-corrected chi connectivity index (χ3v) is 4.51. The van der Waals surface area contributed by atoms with Gasteiger partial charge in [-0.2, -0.15) is 13.2 Å². The molecular formula is C19H19F3N2O2. The summed E-state index contributed by atoms with van der Waals surface area (Å²) in [6.07, 6.45) is -1.73. The van der Waals surface area contributed by atoms with Crippen molar-refractivity contribution < 1.29 is 18.0 Å². The van der Waals surface area contributed by atoms with Gasteiger partial charge in [-0.3, -0.25) is 9.59 Å². The van der Waals surface area contributed by atoms with Crippen LogP contribution in [0.1, 0.15) is 52.5 Å². The number of aromatic amines is 1. The summed E-state index contributed by atoms with van der Waals surface area (Å²) >= 11 is 0. The zero-order valence-electron chi connectivity index (χ0n) is 14.2. The van der Waals surface area contributed by atoms with Crippen molar-refractivity contribution in [3.63, 3.8) is 0 Å². The molecule has 0 radical (unpaired) electrons. The first-order valence-electron chi connectivity index (χ1n) is 8.42. The average molecular weight is 364 g/mol. The van der Waals surface area contributed by atoms with E-state index in [0.717, 1.165) is 36.5 Å². The molecule has 1 heterocycles. The van der Waals surface area contributed by atoms with Gasteiger partial charge in [0.15, 0.2) is 0 Å². The maximum atomic E-state index is 12.6. The van der Waals surface area contributed by atoms with Gasteiger partial charge in [0.2, 0.25) is 0 Å². The third kappa shape index (κ3) is 4.33. The second-order valence-corrected chi connectivity index (χ2v) is 6.73. The molecule has 1 fully saturated rings. The van der Waals surface area contributed by atoms with E-state index in [0.29, 0.717) is 12.0 Å². The number of nitrogens with one attached hydrogen (secondary N) is 2. The van der Waals surface area contributed by atoms with Crippen molar-refractivity contribution in [2.45, 2.75) is 38.4 Å². The Morgan fingerprint density at radius 3 is 2.38 bits per heavy atom. The quantitative estimate of drug-likeness (QED) is 0.843. The van der Waals surface area contributed by atoms with Gasteiger partial charge in [-0.25, -0.2) is 0 Å². The maximum absolute atomic E-state index is 12.6. The Balaban J connectivity index is 1.81. The molecule has 4 nitrogen and oxygen atoms in total. The lowest BCUT2D eigenvalue weighted by atomic mass is 9.99. The maximum Gasteiger partial charge on any atom is 0.431 e. The van der Waals surface area contributed by atoms with E-state index < -0.39 is 23.3 Å². The van der Waals surface area contributed by atoms with E-state index in [9.17, 15) is 22.8 Å². The second-order valence-electron chi connectivity index (χ2n) is 6.73. The summed E-state index contributed by atoms with van der Waals surface area (Å²) < 4.78 is 37.9. The van der Waals surface area contributed by atoms with Crippen LogP contribution in [-0.4, -0.2) is 10.9 Å². The molecule has 1 aliphatic carbocycles. The number of pyridine rings is 1. The van der Waals surface area contributed by atoms with Crippen LogP contribution in [0.5, 0.6) is 0 Å². The smallest absolute Gasteiger partial charge is 0.345 e. The standard InChI is InChI=1S/C19H19F3N2O2/c1-11-2-6-13(7-3-11)15(10-12-4-5-12)23-17(25)14-8-9-16(19(20,21)22)24-18(14)26/h2-3,6-9,12,15H,4-5,10H2,1H3,(H,23,25)(H,24,26). The normalized spacial score (nSPS) is 15.5. The number of H-pyrrole nitrogens is 1. The van der Waals surface area contributed by atoms with Gasteiger partial charge in [0.05, 0.1) is 6.04 Å². The van der Waals surface area contributed by atoms with Crippen LogP contribution >= 0.6 is 0 Å². The molecule has 2 N–H and O–H groups in total. The number of halogens is 3. The third-order valence-electron chi connectivity index (χ3n) is 4.51. The first-order chi connectivity index (χ1) is 12.2. The monoisotopic (exact) mass is 364 g/mol. The van der Waals surface area contributed by atoms with Crippen LogP contribution < -0.4 is 10.9 Å². The Kier molecular flexibility index (Phi) is 4.89. The van der Waals surface area contributed by atoms with Crippen LogP contribution in [0.3, 0.4) is 0 Å². The Labute approximate surface area is 148 Å². The number of amides is 1. The number of aryl methyl sites for hydroxylation is 1. The van der Waals surface area contributed by atoms with Crippen LogP contribution in [0.4, 0.5) is 13.2 Å². The van der Waals surface area contributed by atoms with Crippen molar-refractivity contribution in [1.29, 1.82) is 0 Å². The molecule has 3 rings (SSSR count). The molecular weight excluding hydrogens is 345 g/mol. The zero-order valence-corrected chi connectivity index (χ0v) is 14.2. The molecule has 1 amide bonds. The molecule has 1 aliphatic rings. The van der Waals surface area contributed by atoms with E-state index >= 15 is 0 Å². The molecule has 138 valence electrons. The number of hydrogen-bond donors (Lipinski definition) is 2. The molecule has 1 aromatic heterocycles. The molecule has 0 saturated heterocycles. The summed E-state index contributed by atoms with van der Waals surface area (Å²) in [4.78, 5) is 26.1. The molecule has 1 aromatic carbocycles. The lowest BCUT2D eigenvalue weighted by Crippen LogP contribution is -2.33. The number of carbonyl (C=O) groups excluding carboxylic acids is 1. The highest BCUT2D eigenvalue weighted by molar-refractivity contribution is 5.94. The summed E-state index contributed by atoms with van der Waals surface area (Å²) in [6.45, 7) is 1.96. The van der Waals surface area contributed by atoms with Crippen molar-refractivity contribution in [3.05, 3.63) is 69.1 Å². The van der Waals surface area contributed by atoms with Crippen molar-refractivity contribution in [2.75, 3.05) is 0 Å². The van der Waals surface area contributed by atoms with Gasteiger partial charge in [-0.15, -0.1) is 0 Å². The van der Waals surface area contributed by atoms with E-state index in [1.165, 1.54) is 0 Å². The Morgan fingerprint density at radius 2 is 1.85 bits per heavy atom. The molecule has 1 saturated carbocycles. The summed E-state index contributed by atoms with van der Waals surface area (Å²) in [6, 6.07) is 9.05. The molecule has 26 heavy (non-hydrogen) atoms. The molecule has 0 bridgehead atoms. The largest absolute Gasteiger partial charge is 0.431 e. The lowest BCUT2D eigenvalue weighted by molar-refractivity contribution is -0.141. The van der Waals surface area contributed by atoms with E-state index in [-0.39, 0.29) is 11.6 Å². The first-order valence-corrected chi connectivity index (χ1v) is 8.42. The summed E-state index contributed by atoms with van der Waals surface area (Å²) in [5.41, 5.74) is -0.548. The fraction of sp³-hybridized carbons (Fsp3) is 0.368. The predicted molar refractivity (Wildman–Crippen MR) is 90.8 cm³/mol. The Morgan fingerprint density at radius 1 is 1.19 bits per heavy atom. The van der Waals surface area contributed by atoms with Gasteiger partial charge in [-0.05, 0) is 37.0 Å². The summed E-state index contributed by atoms with van der Waals surface area (Å²) in [5.74, 6) is -0.154. The Hall–Kier alpha value is -2.57. The van der Waals surface area contributed by atoms with Crippen molar-refractivity contribution in [2.24, 2.45) is 5.92 Å². The number of hydrogen-bond acceptors (Lipinski definition) is 2. The van der Waals surface area contributed by atoms with E-state index in [2.05, 4.69) is 5.32 Å². The van der Waals surface area contributed by atoms with Crippen LogP contribution in [0.25, 0.3) is 0 Å². The van der Waals surface area contributed by atoms with E-state index in [1.807, 2.05) is 31.2 Å². The van der Waals surface area contributed by atoms with Crippen molar-refractivity contribution >= 4 is 5.91 Å². The average Bonchev–Trinajstić information content (AvgIpc) is 3.38. The predicted octanol–water partition coefficient (Wildman–Crippen LogP) is 3.97. The van der Waals surface area contributed by atoms with E-state index in [1.54, 1.807) is 4.98 Å². The molecule has 7 heteroatoms. The van der Waals surface area contributed by atoms with Crippen LogP contribution in [0, 0.1) is 12.8 Å². The highest BCUT2D eigenvalue weighted by Crippen LogP contribution is 2.37. The highest BCUT2D eigenvalue weighted by Gasteiger charge is 2.33. The van der Waals surface area contributed by atoms with Crippen molar-refractivity contribution in [3.8, 4) is 0 Å². The minimum atomic E-state index is -4.66. The zero-order chi connectivity index (χ0) is 18.9. The fourth-order valence-corrected chi connectivity index (χ4v) is 2.82. The molecule has 0 aliphatic heterocycles. The minimum absolute atomic E-state index is 0.280. The number of carbonyl (C=O) groups is 1. The number of rotatable bonds is 5. The Bertz CT molecular complexity index is 852. The molecule has 1 unspecified atom stereocenters. The lowest BCUT2D eigenvalue weighted by Gasteiger charge is -2.19. The summed E-state index contributed by atoms with van der Waals surface area (Å²) in [7, 11) is 0. The summed E-state index contributed by atoms with van der Waals surface area (Å²) in [5, 5.41) is 2.80. The first kappa shape index (κ1) is 18.2. The van der Waals surface area contributed by atoms with Gasteiger partial charge in [0, 0.05) is 0 Å². The number of aromatic nitrogens is 1. The van der Waals surface area contributed by atoms with Gasteiger partial charge < -0.3 is 10.3 Å². The van der Waals surface area contributed by atoms with Crippen LogP contribution in [-0.2, 0) is 6.18 Å². The van der Waals surface area contributed by atoms with Crippen molar-refractivity contribution in [1.82, 2.24) is 10.3 Å².